The van der Waals surface area contributed by atoms with Gasteiger partial charge in [0.25, 0.3) is 0 Å². The first-order valence-corrected chi connectivity index (χ1v) is 5.28. The zero-order chi connectivity index (χ0) is 12.1. The van der Waals surface area contributed by atoms with Gasteiger partial charge in [-0.05, 0) is 24.3 Å². The molecule has 0 radical (unpaired) electrons. The van der Waals surface area contributed by atoms with E-state index in [4.69, 9.17) is 14.2 Å². The first-order chi connectivity index (χ1) is 8.31. The van der Waals surface area contributed by atoms with Crippen LogP contribution in [0, 0.1) is 0 Å². The third-order valence-electron chi connectivity index (χ3n) is 2.32. The quantitative estimate of drug-likeness (QED) is 0.804. The standard InChI is InChI=1S/C14H14O3/c1-15-11-5-3-7-13(9-11)17-14-8-4-6-12(10-14)16-2/h3-10H,1-2H3. The van der Waals surface area contributed by atoms with Crippen LogP contribution in [0.5, 0.6) is 23.0 Å². The van der Waals surface area contributed by atoms with Gasteiger partial charge in [-0.15, -0.1) is 0 Å². The van der Waals surface area contributed by atoms with Gasteiger partial charge in [0.15, 0.2) is 0 Å². The monoisotopic (exact) mass is 230 g/mol. The van der Waals surface area contributed by atoms with E-state index in [1.807, 2.05) is 48.5 Å². The lowest BCUT2D eigenvalue weighted by atomic mass is 10.3. The Balaban J connectivity index is 2.18. The number of ether oxygens (including phenoxy) is 3. The van der Waals surface area contributed by atoms with E-state index < -0.39 is 0 Å². The summed E-state index contributed by atoms with van der Waals surface area (Å²) in [5.74, 6) is 3.01. The summed E-state index contributed by atoms with van der Waals surface area (Å²) in [6.45, 7) is 0. The molecule has 0 amide bonds. The fourth-order valence-corrected chi connectivity index (χ4v) is 1.47. The number of hydrogen-bond acceptors (Lipinski definition) is 3. The van der Waals surface area contributed by atoms with Gasteiger partial charge < -0.3 is 14.2 Å². The van der Waals surface area contributed by atoms with E-state index in [1.165, 1.54) is 0 Å². The van der Waals surface area contributed by atoms with Gasteiger partial charge in [-0.1, -0.05) is 12.1 Å². The molecule has 0 bridgehead atoms. The molecule has 0 N–H and O–H groups in total. The Bertz CT molecular complexity index is 449. The van der Waals surface area contributed by atoms with E-state index in [1.54, 1.807) is 14.2 Å². The molecule has 0 saturated heterocycles. The summed E-state index contributed by atoms with van der Waals surface area (Å²) in [5, 5.41) is 0. The van der Waals surface area contributed by atoms with E-state index in [2.05, 4.69) is 0 Å². The normalized spacial score (nSPS) is 9.76. The summed E-state index contributed by atoms with van der Waals surface area (Å²) in [5.41, 5.74) is 0. The van der Waals surface area contributed by atoms with Gasteiger partial charge >= 0.3 is 0 Å². The summed E-state index contributed by atoms with van der Waals surface area (Å²) >= 11 is 0. The highest BCUT2D eigenvalue weighted by molar-refractivity contribution is 5.39. The average Bonchev–Trinajstić information content (AvgIpc) is 2.39. The van der Waals surface area contributed by atoms with Crippen LogP contribution >= 0.6 is 0 Å². The predicted molar refractivity (Wildman–Crippen MR) is 66.1 cm³/mol. The zero-order valence-electron chi connectivity index (χ0n) is 9.84. The van der Waals surface area contributed by atoms with Crippen LogP contribution in [0.2, 0.25) is 0 Å². The lowest BCUT2D eigenvalue weighted by molar-refractivity contribution is 0.404. The van der Waals surface area contributed by atoms with Crippen molar-refractivity contribution in [3.63, 3.8) is 0 Å². The van der Waals surface area contributed by atoms with Crippen molar-refractivity contribution in [1.82, 2.24) is 0 Å². The molecule has 0 aromatic heterocycles. The minimum atomic E-state index is 0.734. The van der Waals surface area contributed by atoms with Gasteiger partial charge in [0.1, 0.15) is 23.0 Å². The predicted octanol–water partition coefficient (Wildman–Crippen LogP) is 3.50. The number of benzene rings is 2. The summed E-state index contributed by atoms with van der Waals surface area (Å²) < 4.78 is 16.0. The summed E-state index contributed by atoms with van der Waals surface area (Å²) in [7, 11) is 3.26. The van der Waals surface area contributed by atoms with Gasteiger partial charge in [0.2, 0.25) is 0 Å². The topological polar surface area (TPSA) is 27.7 Å². The molecule has 0 atom stereocenters. The van der Waals surface area contributed by atoms with Crippen LogP contribution in [-0.2, 0) is 0 Å². The van der Waals surface area contributed by atoms with Crippen molar-refractivity contribution in [3.8, 4) is 23.0 Å². The molecular formula is C14H14O3. The van der Waals surface area contributed by atoms with Crippen molar-refractivity contribution < 1.29 is 14.2 Å². The lowest BCUT2D eigenvalue weighted by Gasteiger charge is -2.08. The molecule has 2 aromatic rings. The molecule has 0 aliphatic heterocycles. The maximum atomic E-state index is 5.70. The summed E-state index contributed by atoms with van der Waals surface area (Å²) in [6, 6.07) is 14.9. The van der Waals surface area contributed by atoms with Crippen LogP contribution in [0.4, 0.5) is 0 Å². The second-order valence-corrected chi connectivity index (χ2v) is 3.46. The van der Waals surface area contributed by atoms with Crippen molar-refractivity contribution in [2.45, 2.75) is 0 Å². The van der Waals surface area contributed by atoms with Gasteiger partial charge in [0.05, 0.1) is 14.2 Å². The smallest absolute Gasteiger partial charge is 0.131 e. The van der Waals surface area contributed by atoms with E-state index in [0.717, 1.165) is 23.0 Å². The second kappa shape index (κ2) is 5.25. The second-order valence-electron chi connectivity index (χ2n) is 3.46. The fraction of sp³-hybridized carbons (Fsp3) is 0.143. The van der Waals surface area contributed by atoms with Crippen molar-refractivity contribution in [2.75, 3.05) is 14.2 Å². The molecule has 0 spiro atoms. The maximum Gasteiger partial charge on any atom is 0.131 e. The van der Waals surface area contributed by atoms with Crippen LogP contribution in [-0.4, -0.2) is 14.2 Å². The van der Waals surface area contributed by atoms with E-state index >= 15 is 0 Å². The van der Waals surface area contributed by atoms with Crippen LogP contribution < -0.4 is 14.2 Å². The van der Waals surface area contributed by atoms with E-state index in [9.17, 15) is 0 Å². The summed E-state index contributed by atoms with van der Waals surface area (Å²) in [4.78, 5) is 0. The highest BCUT2D eigenvalue weighted by atomic mass is 16.5. The van der Waals surface area contributed by atoms with Crippen LogP contribution in [0.15, 0.2) is 48.5 Å². The average molecular weight is 230 g/mol. The molecule has 3 heteroatoms. The first kappa shape index (κ1) is 11.3. The van der Waals surface area contributed by atoms with E-state index in [-0.39, 0.29) is 0 Å². The highest BCUT2D eigenvalue weighted by Crippen LogP contribution is 2.27. The van der Waals surface area contributed by atoms with Gasteiger partial charge in [-0.2, -0.15) is 0 Å². The SMILES string of the molecule is COc1cccc(Oc2cccc(OC)c2)c1. The Labute approximate surface area is 101 Å². The van der Waals surface area contributed by atoms with E-state index in [0.29, 0.717) is 0 Å². The number of methoxy groups -OCH3 is 2. The Morgan fingerprint density at radius 3 is 1.47 bits per heavy atom. The molecule has 0 heterocycles. The molecule has 2 rings (SSSR count). The van der Waals surface area contributed by atoms with Crippen LogP contribution in [0.25, 0.3) is 0 Å². The van der Waals surface area contributed by atoms with Gasteiger partial charge in [-0.25, -0.2) is 0 Å². The molecule has 2 aromatic carbocycles. The molecule has 88 valence electrons. The molecule has 0 fully saturated rings. The molecular weight excluding hydrogens is 216 g/mol. The van der Waals surface area contributed by atoms with Crippen molar-refractivity contribution in [3.05, 3.63) is 48.5 Å². The first-order valence-electron chi connectivity index (χ1n) is 5.28. The molecule has 0 unspecified atom stereocenters. The Hall–Kier alpha value is -2.16. The third-order valence-corrected chi connectivity index (χ3v) is 2.32. The molecule has 0 saturated carbocycles. The molecule has 0 aliphatic rings. The fourth-order valence-electron chi connectivity index (χ4n) is 1.47. The molecule has 3 nitrogen and oxygen atoms in total. The van der Waals surface area contributed by atoms with Gasteiger partial charge in [0, 0.05) is 12.1 Å². The van der Waals surface area contributed by atoms with Crippen molar-refractivity contribution >= 4 is 0 Å². The zero-order valence-corrected chi connectivity index (χ0v) is 9.84. The molecule has 17 heavy (non-hydrogen) atoms. The Kier molecular flexibility index (Phi) is 3.50. The Morgan fingerprint density at radius 2 is 1.06 bits per heavy atom. The minimum absolute atomic E-state index is 0.734. The minimum Gasteiger partial charge on any atom is -0.497 e. The lowest BCUT2D eigenvalue weighted by Crippen LogP contribution is -1.88. The third kappa shape index (κ3) is 2.91. The number of hydrogen-bond donors (Lipinski definition) is 0. The van der Waals surface area contributed by atoms with Gasteiger partial charge in [-0.3, -0.25) is 0 Å². The van der Waals surface area contributed by atoms with Crippen molar-refractivity contribution in [2.24, 2.45) is 0 Å². The van der Waals surface area contributed by atoms with Crippen LogP contribution in [0.1, 0.15) is 0 Å². The summed E-state index contributed by atoms with van der Waals surface area (Å²) in [6.07, 6.45) is 0. The maximum absolute atomic E-state index is 5.70. The van der Waals surface area contributed by atoms with Crippen LogP contribution in [0.3, 0.4) is 0 Å². The highest BCUT2D eigenvalue weighted by Gasteiger charge is 2.00. The Morgan fingerprint density at radius 1 is 0.647 bits per heavy atom. The largest absolute Gasteiger partial charge is 0.497 e. The number of rotatable bonds is 4. The van der Waals surface area contributed by atoms with Crippen molar-refractivity contribution in [1.29, 1.82) is 0 Å². The molecule has 0 aliphatic carbocycles.